The first-order valence-corrected chi connectivity index (χ1v) is 12.8. The van der Waals surface area contributed by atoms with Crippen molar-refractivity contribution in [1.82, 2.24) is 15.1 Å². The molecule has 0 radical (unpaired) electrons. The zero-order valence-electron chi connectivity index (χ0n) is 21.4. The fraction of sp³-hybridized carbons (Fsp3) is 0.500. The summed E-state index contributed by atoms with van der Waals surface area (Å²) in [5, 5.41) is 6.03. The second-order valence-corrected chi connectivity index (χ2v) is 11.1. The smallest absolute Gasteiger partial charge is 0.321 e. The predicted molar refractivity (Wildman–Crippen MR) is 139 cm³/mol. The number of nitrogens with one attached hydrogen (secondary N) is 2. The fourth-order valence-corrected chi connectivity index (χ4v) is 5.12. The fourth-order valence-electron chi connectivity index (χ4n) is 5.12. The highest BCUT2D eigenvalue weighted by Gasteiger charge is 2.43. The van der Waals surface area contributed by atoms with Gasteiger partial charge in [-0.3, -0.25) is 0 Å². The van der Waals surface area contributed by atoms with Gasteiger partial charge >= 0.3 is 12.1 Å². The summed E-state index contributed by atoms with van der Waals surface area (Å²) in [5.41, 5.74) is 3.74. The van der Waals surface area contributed by atoms with Gasteiger partial charge in [-0.15, -0.1) is 0 Å². The molecule has 192 valence electrons. The van der Waals surface area contributed by atoms with Gasteiger partial charge in [-0.25, -0.2) is 9.59 Å². The van der Waals surface area contributed by atoms with Crippen LogP contribution in [0.1, 0.15) is 39.2 Å². The van der Waals surface area contributed by atoms with Crippen LogP contribution in [0, 0.1) is 0 Å². The molecule has 2 aromatic rings. The van der Waals surface area contributed by atoms with Crippen molar-refractivity contribution in [1.29, 1.82) is 0 Å². The van der Waals surface area contributed by atoms with Crippen molar-refractivity contribution in [2.24, 2.45) is 0 Å². The molecule has 0 saturated carbocycles. The summed E-state index contributed by atoms with van der Waals surface area (Å²) in [4.78, 5) is 28.6. The minimum atomic E-state index is -0.241. The van der Waals surface area contributed by atoms with Gasteiger partial charge in [0.15, 0.2) is 0 Å². The minimum absolute atomic E-state index is 0.000251. The molecule has 2 aromatic carbocycles. The molecule has 4 amide bonds. The minimum Gasteiger partial charge on any atom is -0.487 e. The van der Waals surface area contributed by atoms with E-state index in [0.717, 1.165) is 41.8 Å². The highest BCUT2D eigenvalue weighted by atomic mass is 16.5. The van der Waals surface area contributed by atoms with Crippen LogP contribution in [-0.4, -0.2) is 72.4 Å². The number of hydrogen-bond acceptors (Lipinski definition) is 4. The van der Waals surface area contributed by atoms with Gasteiger partial charge in [0.1, 0.15) is 11.4 Å². The summed E-state index contributed by atoms with van der Waals surface area (Å²) in [6, 6.07) is 14.2. The molecule has 1 spiro atoms. The van der Waals surface area contributed by atoms with Crippen LogP contribution >= 0.6 is 0 Å². The molecule has 5 rings (SSSR count). The maximum Gasteiger partial charge on any atom is 0.321 e. The molecular formula is C28H36N4O4. The Morgan fingerprint density at radius 3 is 2.17 bits per heavy atom. The van der Waals surface area contributed by atoms with Crippen molar-refractivity contribution in [3.63, 3.8) is 0 Å². The molecule has 3 aliphatic heterocycles. The van der Waals surface area contributed by atoms with Gasteiger partial charge in [-0.05, 0) is 61.7 Å². The van der Waals surface area contributed by atoms with E-state index < -0.39 is 0 Å². The second-order valence-electron chi connectivity index (χ2n) is 11.1. The first-order valence-electron chi connectivity index (χ1n) is 12.8. The largest absolute Gasteiger partial charge is 0.487 e. The maximum absolute atomic E-state index is 12.5. The standard InChI is InChI=1S/C28H36N4O4/c1-27(2,3)30-26(34)31-12-10-28(11-13-31)19-22-18-21(6-9-24(22)36-28)20-4-7-23(8-5-20)29-25(33)32-14-16-35-17-15-32/h4-9,18H,10-17,19H2,1-3H3,(H,29,33)(H,30,34). The number of carbonyl (C=O) groups is 2. The number of amides is 4. The van der Waals surface area contributed by atoms with Gasteiger partial charge in [-0.1, -0.05) is 18.2 Å². The van der Waals surface area contributed by atoms with Gasteiger partial charge in [0.2, 0.25) is 0 Å². The molecule has 0 atom stereocenters. The summed E-state index contributed by atoms with van der Waals surface area (Å²) in [6.07, 6.45) is 2.51. The zero-order valence-corrected chi connectivity index (χ0v) is 21.4. The molecule has 8 nitrogen and oxygen atoms in total. The Balaban J connectivity index is 1.20. The van der Waals surface area contributed by atoms with Crippen molar-refractivity contribution in [2.45, 2.75) is 51.2 Å². The van der Waals surface area contributed by atoms with Crippen LogP contribution in [0.4, 0.5) is 15.3 Å². The summed E-state index contributed by atoms with van der Waals surface area (Å²) in [5.74, 6) is 0.945. The number of rotatable bonds is 2. The molecule has 8 heteroatoms. The first kappa shape index (κ1) is 24.4. The lowest BCUT2D eigenvalue weighted by Gasteiger charge is -2.39. The normalized spacial score (nSPS) is 19.0. The highest BCUT2D eigenvalue weighted by Crippen LogP contribution is 2.42. The van der Waals surface area contributed by atoms with Crippen molar-refractivity contribution in [3.8, 4) is 16.9 Å². The van der Waals surface area contributed by atoms with E-state index in [-0.39, 0.29) is 23.2 Å². The summed E-state index contributed by atoms with van der Waals surface area (Å²) < 4.78 is 11.8. The number of benzene rings is 2. The summed E-state index contributed by atoms with van der Waals surface area (Å²) in [7, 11) is 0. The van der Waals surface area contributed by atoms with E-state index in [0.29, 0.717) is 39.4 Å². The molecule has 3 aliphatic rings. The van der Waals surface area contributed by atoms with Crippen LogP contribution in [0.25, 0.3) is 11.1 Å². The Labute approximate surface area is 212 Å². The van der Waals surface area contributed by atoms with E-state index >= 15 is 0 Å². The number of carbonyl (C=O) groups excluding carboxylic acids is 2. The van der Waals surface area contributed by atoms with Crippen molar-refractivity contribution >= 4 is 17.7 Å². The number of likely N-dealkylation sites (tertiary alicyclic amines) is 1. The van der Waals surface area contributed by atoms with Crippen LogP contribution in [0.2, 0.25) is 0 Å². The van der Waals surface area contributed by atoms with E-state index in [1.54, 1.807) is 4.90 Å². The quantitative estimate of drug-likeness (QED) is 0.647. The maximum atomic E-state index is 12.5. The molecule has 2 N–H and O–H groups in total. The summed E-state index contributed by atoms with van der Waals surface area (Å²) >= 11 is 0. The molecule has 0 bridgehead atoms. The first-order chi connectivity index (χ1) is 17.2. The number of anilines is 1. The van der Waals surface area contributed by atoms with Crippen LogP contribution in [0.3, 0.4) is 0 Å². The number of ether oxygens (including phenoxy) is 2. The van der Waals surface area contributed by atoms with Gasteiger partial charge in [0.25, 0.3) is 0 Å². The van der Waals surface area contributed by atoms with Crippen LogP contribution in [0.15, 0.2) is 42.5 Å². The molecule has 36 heavy (non-hydrogen) atoms. The zero-order chi connectivity index (χ0) is 25.3. The Morgan fingerprint density at radius 2 is 1.50 bits per heavy atom. The van der Waals surface area contributed by atoms with Crippen molar-refractivity contribution < 1.29 is 19.1 Å². The average Bonchev–Trinajstić information content (AvgIpc) is 3.21. The van der Waals surface area contributed by atoms with Gasteiger partial charge in [0, 0.05) is 56.7 Å². The number of piperidine rings is 1. The summed E-state index contributed by atoms with van der Waals surface area (Å²) in [6.45, 7) is 9.79. The van der Waals surface area contributed by atoms with Gasteiger partial charge < -0.3 is 29.9 Å². The van der Waals surface area contributed by atoms with E-state index in [4.69, 9.17) is 9.47 Å². The monoisotopic (exact) mass is 492 g/mol. The topological polar surface area (TPSA) is 83.1 Å². The number of nitrogens with zero attached hydrogens (tertiary/aromatic N) is 2. The number of fused-ring (bicyclic) bond motifs is 1. The van der Waals surface area contributed by atoms with Gasteiger partial charge in [-0.2, -0.15) is 0 Å². The Hall–Kier alpha value is -3.26. The Bertz CT molecular complexity index is 1110. The second kappa shape index (κ2) is 9.65. The van der Waals surface area contributed by atoms with Crippen molar-refractivity contribution in [3.05, 3.63) is 48.0 Å². The van der Waals surface area contributed by atoms with E-state index in [9.17, 15) is 9.59 Å². The van der Waals surface area contributed by atoms with Crippen LogP contribution in [0.5, 0.6) is 5.75 Å². The van der Waals surface area contributed by atoms with E-state index in [2.05, 4.69) is 28.8 Å². The molecule has 3 heterocycles. The van der Waals surface area contributed by atoms with Crippen LogP contribution < -0.4 is 15.4 Å². The third-order valence-corrected chi connectivity index (χ3v) is 7.11. The Morgan fingerprint density at radius 1 is 0.861 bits per heavy atom. The highest BCUT2D eigenvalue weighted by molar-refractivity contribution is 5.89. The SMILES string of the molecule is CC(C)(C)NC(=O)N1CCC2(CC1)Cc1cc(-c3ccc(NC(=O)N4CCOCC4)cc3)ccc1O2. The molecule has 0 unspecified atom stereocenters. The Kier molecular flexibility index (Phi) is 6.55. The molecule has 0 aromatic heterocycles. The molecule has 0 aliphatic carbocycles. The number of urea groups is 2. The lowest BCUT2D eigenvalue weighted by molar-refractivity contribution is 0.0294. The molecule has 2 saturated heterocycles. The third kappa shape index (κ3) is 5.43. The predicted octanol–water partition coefficient (Wildman–Crippen LogP) is 4.50. The van der Waals surface area contributed by atoms with Crippen LogP contribution in [-0.2, 0) is 11.2 Å². The molecular weight excluding hydrogens is 456 g/mol. The van der Waals surface area contributed by atoms with E-state index in [1.807, 2.05) is 49.9 Å². The molecule has 2 fully saturated rings. The van der Waals surface area contributed by atoms with E-state index in [1.165, 1.54) is 5.56 Å². The average molecular weight is 493 g/mol. The lowest BCUT2D eigenvalue weighted by Crippen LogP contribution is -2.54. The van der Waals surface area contributed by atoms with Crippen molar-refractivity contribution in [2.75, 3.05) is 44.7 Å². The van der Waals surface area contributed by atoms with Gasteiger partial charge in [0.05, 0.1) is 13.2 Å². The third-order valence-electron chi connectivity index (χ3n) is 7.11. The number of morpholine rings is 1. The lowest BCUT2D eigenvalue weighted by atomic mass is 9.86. The number of hydrogen-bond donors (Lipinski definition) is 2.